The quantitative estimate of drug-likeness (QED) is 0.558. The summed E-state index contributed by atoms with van der Waals surface area (Å²) in [6, 6.07) is 11.5. The highest BCUT2D eigenvalue weighted by Gasteiger charge is 2.24. The van der Waals surface area contributed by atoms with Crippen molar-refractivity contribution in [3.8, 4) is 11.3 Å². The third-order valence-corrected chi connectivity index (χ3v) is 4.44. The number of carbonyl (C=O) groups is 1. The van der Waals surface area contributed by atoms with Crippen molar-refractivity contribution < 1.29 is 9.90 Å². The highest BCUT2D eigenvalue weighted by Crippen LogP contribution is 2.33. The second-order valence-electron chi connectivity index (χ2n) is 5.38. The monoisotopic (exact) mass is 373 g/mol. The van der Waals surface area contributed by atoms with Crippen LogP contribution in [0.2, 0.25) is 10.0 Å². The highest BCUT2D eigenvalue weighted by atomic mass is 35.5. The number of aromatic carboxylic acids is 1. The summed E-state index contributed by atoms with van der Waals surface area (Å²) < 4.78 is 1.40. The summed E-state index contributed by atoms with van der Waals surface area (Å²) in [5.41, 5.74) is 0.641. The van der Waals surface area contributed by atoms with Gasteiger partial charge in [0.1, 0.15) is 11.3 Å². The average molecular weight is 374 g/mol. The topological polar surface area (TPSA) is 87.5 Å². The van der Waals surface area contributed by atoms with E-state index in [0.717, 1.165) is 0 Å². The summed E-state index contributed by atoms with van der Waals surface area (Å²) in [6.45, 7) is 0. The minimum Gasteiger partial charge on any atom is -0.477 e. The number of fused-ring (bicyclic) bond motifs is 3. The van der Waals surface area contributed by atoms with E-state index < -0.39 is 5.97 Å². The molecule has 0 radical (unpaired) electrons. The normalized spacial score (nSPS) is 11.3. The van der Waals surface area contributed by atoms with E-state index in [9.17, 15) is 14.7 Å². The first-order valence-corrected chi connectivity index (χ1v) is 7.95. The third kappa shape index (κ3) is 2.38. The first kappa shape index (κ1) is 15.7. The van der Waals surface area contributed by atoms with E-state index in [4.69, 9.17) is 23.2 Å². The van der Waals surface area contributed by atoms with Crippen molar-refractivity contribution >= 4 is 45.7 Å². The Kier molecular flexibility index (Phi) is 3.52. The molecule has 0 spiro atoms. The van der Waals surface area contributed by atoms with Crippen molar-refractivity contribution in [2.75, 3.05) is 0 Å². The van der Waals surface area contributed by atoms with Crippen molar-refractivity contribution in [3.63, 3.8) is 0 Å². The maximum absolute atomic E-state index is 12.3. The summed E-state index contributed by atoms with van der Waals surface area (Å²) in [6.07, 6.45) is 0. The van der Waals surface area contributed by atoms with Crippen LogP contribution in [0.4, 0.5) is 0 Å². The zero-order chi connectivity index (χ0) is 17.7. The second-order valence-corrected chi connectivity index (χ2v) is 6.23. The van der Waals surface area contributed by atoms with Crippen LogP contribution in [0, 0.1) is 0 Å². The largest absolute Gasteiger partial charge is 0.477 e. The Balaban J connectivity index is 2.19. The molecule has 0 unspecified atom stereocenters. The molecule has 0 saturated heterocycles. The molecule has 2 aromatic carbocycles. The summed E-state index contributed by atoms with van der Waals surface area (Å²) in [4.78, 5) is 26.7. The van der Waals surface area contributed by atoms with Crippen molar-refractivity contribution in [2.45, 2.75) is 0 Å². The van der Waals surface area contributed by atoms with Gasteiger partial charge in [0.25, 0.3) is 5.56 Å². The maximum Gasteiger partial charge on any atom is 0.341 e. The summed E-state index contributed by atoms with van der Waals surface area (Å²) >= 11 is 12.1. The Bertz CT molecular complexity index is 1230. The fraction of sp³-hybridized carbons (Fsp3) is 0. The lowest BCUT2D eigenvalue weighted by molar-refractivity contribution is 0.0699. The molecule has 0 atom stereocenters. The third-order valence-electron chi connectivity index (χ3n) is 3.89. The van der Waals surface area contributed by atoms with Gasteiger partial charge in [-0.2, -0.15) is 5.10 Å². The van der Waals surface area contributed by atoms with Crippen LogP contribution >= 0.6 is 23.2 Å². The number of aromatic amines is 1. The number of aromatic nitrogens is 3. The molecule has 0 aliphatic heterocycles. The van der Waals surface area contributed by atoms with Gasteiger partial charge in [-0.05, 0) is 30.3 Å². The van der Waals surface area contributed by atoms with E-state index in [2.05, 4.69) is 10.1 Å². The first-order valence-electron chi connectivity index (χ1n) is 7.20. The molecule has 0 bridgehead atoms. The number of H-pyrrole nitrogens is 1. The van der Waals surface area contributed by atoms with Gasteiger partial charge in [0.05, 0.1) is 15.9 Å². The Morgan fingerprint density at radius 1 is 1.16 bits per heavy atom. The molecule has 2 heterocycles. The molecule has 8 heteroatoms. The fourth-order valence-electron chi connectivity index (χ4n) is 2.81. The molecular formula is C17H9Cl2N3O3. The van der Waals surface area contributed by atoms with Gasteiger partial charge < -0.3 is 10.1 Å². The zero-order valence-corrected chi connectivity index (χ0v) is 14.0. The molecular weight excluding hydrogens is 365 g/mol. The van der Waals surface area contributed by atoms with Crippen LogP contribution in [0.1, 0.15) is 10.4 Å². The summed E-state index contributed by atoms with van der Waals surface area (Å²) in [5.74, 6) is -1.22. The molecule has 25 heavy (non-hydrogen) atoms. The number of hydrogen-bond acceptors (Lipinski definition) is 3. The molecule has 4 aromatic rings. The van der Waals surface area contributed by atoms with Gasteiger partial charge in [0.15, 0.2) is 5.65 Å². The molecule has 0 aliphatic carbocycles. The van der Waals surface area contributed by atoms with Gasteiger partial charge in [-0.1, -0.05) is 35.3 Å². The number of nitrogens with one attached hydrogen (secondary N) is 1. The maximum atomic E-state index is 12.3. The van der Waals surface area contributed by atoms with E-state index in [1.807, 2.05) is 0 Å². The van der Waals surface area contributed by atoms with Crippen LogP contribution < -0.4 is 5.56 Å². The average Bonchev–Trinajstić information content (AvgIpc) is 2.94. The second kappa shape index (κ2) is 5.61. The molecule has 4 rings (SSSR count). The predicted molar refractivity (Wildman–Crippen MR) is 95.7 cm³/mol. The Morgan fingerprint density at radius 3 is 2.64 bits per heavy atom. The van der Waals surface area contributed by atoms with Gasteiger partial charge in [-0.25, -0.2) is 9.31 Å². The van der Waals surface area contributed by atoms with Crippen LogP contribution in [0.3, 0.4) is 0 Å². The van der Waals surface area contributed by atoms with Crippen LogP contribution in [-0.4, -0.2) is 25.7 Å². The minimum atomic E-state index is -1.22. The number of rotatable bonds is 2. The van der Waals surface area contributed by atoms with Gasteiger partial charge in [-0.3, -0.25) is 4.79 Å². The lowest BCUT2D eigenvalue weighted by Crippen LogP contribution is -2.11. The Morgan fingerprint density at radius 2 is 1.92 bits per heavy atom. The number of carboxylic acid groups (broad SMARTS) is 1. The van der Waals surface area contributed by atoms with Crippen LogP contribution in [0.25, 0.3) is 27.8 Å². The van der Waals surface area contributed by atoms with Crippen LogP contribution in [0.15, 0.2) is 47.3 Å². The lowest BCUT2D eigenvalue weighted by Gasteiger charge is -2.02. The lowest BCUT2D eigenvalue weighted by atomic mass is 10.1. The van der Waals surface area contributed by atoms with Crippen molar-refractivity contribution in [1.82, 2.24) is 14.6 Å². The molecule has 124 valence electrons. The number of halogens is 2. The summed E-state index contributed by atoms with van der Waals surface area (Å²) in [5, 5.41) is 15.2. The molecule has 0 amide bonds. The van der Waals surface area contributed by atoms with E-state index in [1.165, 1.54) is 10.6 Å². The van der Waals surface area contributed by atoms with Gasteiger partial charge >= 0.3 is 5.97 Å². The van der Waals surface area contributed by atoms with Crippen LogP contribution in [-0.2, 0) is 0 Å². The minimum absolute atomic E-state index is 0.0946. The van der Waals surface area contributed by atoms with E-state index in [-0.39, 0.29) is 27.5 Å². The van der Waals surface area contributed by atoms with Gasteiger partial charge in [0.2, 0.25) is 0 Å². The smallest absolute Gasteiger partial charge is 0.341 e. The van der Waals surface area contributed by atoms with Gasteiger partial charge in [0, 0.05) is 10.6 Å². The van der Waals surface area contributed by atoms with E-state index in [0.29, 0.717) is 21.5 Å². The Labute approximate surface area is 150 Å². The molecule has 0 aliphatic rings. The number of hydrogen-bond donors (Lipinski definition) is 2. The number of carboxylic acids is 1. The molecule has 0 saturated carbocycles. The number of nitrogens with zero attached hydrogens (tertiary/aromatic N) is 2. The number of para-hydroxylation sites is 1. The van der Waals surface area contributed by atoms with E-state index in [1.54, 1.807) is 36.4 Å². The van der Waals surface area contributed by atoms with Crippen LogP contribution in [0.5, 0.6) is 0 Å². The molecule has 0 fully saturated rings. The number of benzene rings is 2. The predicted octanol–water partition coefficient (Wildman–Crippen LogP) is 3.85. The van der Waals surface area contributed by atoms with Gasteiger partial charge in [-0.15, -0.1) is 0 Å². The molecule has 2 N–H and O–H groups in total. The SMILES string of the molecule is O=C(O)c1c(-c2ccc(Cl)cc2Cl)nn2c1[nH]c(=O)c1ccccc12. The van der Waals surface area contributed by atoms with Crippen molar-refractivity contribution in [2.24, 2.45) is 0 Å². The highest BCUT2D eigenvalue weighted by molar-refractivity contribution is 6.36. The van der Waals surface area contributed by atoms with E-state index >= 15 is 0 Å². The summed E-state index contributed by atoms with van der Waals surface area (Å²) in [7, 11) is 0. The first-order chi connectivity index (χ1) is 12.0. The molecule has 6 nitrogen and oxygen atoms in total. The zero-order valence-electron chi connectivity index (χ0n) is 12.5. The molecule has 2 aromatic heterocycles. The standard InChI is InChI=1S/C17H9Cl2N3O3/c18-8-5-6-9(11(19)7-8)14-13(17(24)25)15-20-16(23)10-3-1-2-4-12(10)22(15)21-14/h1-7H,(H,20,23)(H,24,25). The Hall–Kier alpha value is -2.83. The van der Waals surface area contributed by atoms with Crippen molar-refractivity contribution in [1.29, 1.82) is 0 Å². The fourth-order valence-corrected chi connectivity index (χ4v) is 3.30. The van der Waals surface area contributed by atoms with Crippen molar-refractivity contribution in [3.05, 3.63) is 68.4 Å².